The van der Waals surface area contributed by atoms with Crippen LogP contribution in [-0.2, 0) is 0 Å². The van der Waals surface area contributed by atoms with E-state index in [1.165, 1.54) is 85.3 Å². The van der Waals surface area contributed by atoms with Gasteiger partial charge < -0.3 is 9.13 Å². The van der Waals surface area contributed by atoms with Gasteiger partial charge in [-0.05, 0) is 106 Å². The normalized spacial score (nSPS) is 12.1. The summed E-state index contributed by atoms with van der Waals surface area (Å²) in [5, 5.41) is 12.5. The SMILES string of the molecule is c1ccc2cc3c(cc2c1)c1ccccc1n3-c1ccc2cc3c4ccccc4n(-c4ccc(-c5nc6ccccc6nc5-c5ccc6c(c5)sc5ccccc56)cc4)c3cc2c1. The van der Waals surface area contributed by atoms with Crippen LogP contribution in [0.25, 0.3) is 130 Å². The number of para-hydroxylation sites is 4. The van der Waals surface area contributed by atoms with Crippen molar-refractivity contribution in [3.05, 3.63) is 206 Å². The Kier molecular flexibility index (Phi) is 7.24. The average Bonchev–Trinajstić information content (AvgIpc) is 3.99. The lowest BCUT2D eigenvalue weighted by Crippen LogP contribution is -1.97. The molecule has 0 aliphatic rings. The Morgan fingerprint density at radius 2 is 0.810 bits per heavy atom. The molecule has 0 atom stereocenters. The maximum absolute atomic E-state index is 5.29. The largest absolute Gasteiger partial charge is 0.309 e. The second-order valence-corrected chi connectivity index (χ2v) is 17.7. The zero-order valence-electron chi connectivity index (χ0n) is 33.8. The van der Waals surface area contributed by atoms with Crippen molar-refractivity contribution in [2.24, 2.45) is 0 Å². The van der Waals surface area contributed by atoms with Crippen LogP contribution in [0.2, 0.25) is 0 Å². The lowest BCUT2D eigenvalue weighted by Gasteiger charge is -2.13. The molecule has 0 amide bonds. The number of aromatic nitrogens is 4. The standard InChI is InChI=1S/C58H34N4S/c1-2-12-37-32-53-47(30-36(37)11-1)44-14-4-9-19-52(44)62(53)42-27-23-38-31-48-43-13-3-8-18-51(43)61(54(48)33-40(38)29-42)41-25-21-35(22-26-41)57-58(60-50-17-7-6-16-49(50)59-57)39-24-28-46-45-15-5-10-20-55(45)63-56(46)34-39/h1-34H. The number of rotatable bonds is 4. The van der Waals surface area contributed by atoms with Crippen LogP contribution in [0, 0.1) is 0 Å². The molecule has 10 aromatic carbocycles. The maximum Gasteiger partial charge on any atom is 0.0973 e. The lowest BCUT2D eigenvalue weighted by molar-refractivity contribution is 1.18. The number of fused-ring (bicyclic) bond motifs is 12. The van der Waals surface area contributed by atoms with Gasteiger partial charge in [-0.15, -0.1) is 11.3 Å². The van der Waals surface area contributed by atoms with Gasteiger partial charge in [-0.1, -0.05) is 121 Å². The molecule has 63 heavy (non-hydrogen) atoms. The van der Waals surface area contributed by atoms with Crippen LogP contribution >= 0.6 is 11.3 Å². The van der Waals surface area contributed by atoms with E-state index >= 15 is 0 Å². The minimum Gasteiger partial charge on any atom is -0.309 e. The minimum atomic E-state index is 0.875. The number of hydrogen-bond donors (Lipinski definition) is 0. The van der Waals surface area contributed by atoms with Crippen molar-refractivity contribution in [2.45, 2.75) is 0 Å². The van der Waals surface area contributed by atoms with E-state index in [2.05, 4.69) is 203 Å². The Morgan fingerprint density at radius 1 is 0.302 bits per heavy atom. The zero-order chi connectivity index (χ0) is 41.2. The molecule has 0 saturated heterocycles. The van der Waals surface area contributed by atoms with E-state index in [-0.39, 0.29) is 0 Å². The van der Waals surface area contributed by atoms with Crippen molar-refractivity contribution in [2.75, 3.05) is 0 Å². The highest BCUT2D eigenvalue weighted by Gasteiger charge is 2.19. The number of hydrogen-bond acceptors (Lipinski definition) is 3. The van der Waals surface area contributed by atoms with Gasteiger partial charge in [0.1, 0.15) is 0 Å². The number of benzene rings is 10. The van der Waals surface area contributed by atoms with Gasteiger partial charge in [-0.25, -0.2) is 9.97 Å². The smallest absolute Gasteiger partial charge is 0.0973 e. The molecule has 0 radical (unpaired) electrons. The second-order valence-electron chi connectivity index (χ2n) is 16.6. The van der Waals surface area contributed by atoms with Crippen LogP contribution < -0.4 is 0 Å². The third-order valence-corrected chi connectivity index (χ3v) is 14.2. The van der Waals surface area contributed by atoms with Gasteiger partial charge in [-0.2, -0.15) is 0 Å². The molecule has 0 unspecified atom stereocenters. The van der Waals surface area contributed by atoms with E-state index in [9.17, 15) is 0 Å². The molecule has 0 bridgehead atoms. The minimum absolute atomic E-state index is 0.875. The Balaban J connectivity index is 0.927. The number of thiophene rings is 1. The lowest BCUT2D eigenvalue weighted by atomic mass is 10.0. The molecule has 0 fully saturated rings. The van der Waals surface area contributed by atoms with Gasteiger partial charge in [0.15, 0.2) is 0 Å². The van der Waals surface area contributed by atoms with Crippen LogP contribution in [0.1, 0.15) is 0 Å². The van der Waals surface area contributed by atoms with Gasteiger partial charge in [0.25, 0.3) is 0 Å². The maximum atomic E-state index is 5.29. The summed E-state index contributed by atoms with van der Waals surface area (Å²) >= 11 is 1.83. The third-order valence-electron chi connectivity index (χ3n) is 13.0. The zero-order valence-corrected chi connectivity index (χ0v) is 34.6. The molecule has 292 valence electrons. The molecule has 14 rings (SSSR count). The Hall–Kier alpha value is -8.12. The van der Waals surface area contributed by atoms with E-state index in [1.54, 1.807) is 0 Å². The summed E-state index contributed by atoms with van der Waals surface area (Å²) in [6.07, 6.45) is 0. The molecule has 0 aliphatic carbocycles. The van der Waals surface area contributed by atoms with E-state index in [0.717, 1.165) is 44.9 Å². The van der Waals surface area contributed by atoms with Crippen molar-refractivity contribution < 1.29 is 0 Å². The van der Waals surface area contributed by atoms with Gasteiger partial charge in [0, 0.05) is 64.2 Å². The highest BCUT2D eigenvalue weighted by atomic mass is 32.1. The van der Waals surface area contributed by atoms with Gasteiger partial charge >= 0.3 is 0 Å². The summed E-state index contributed by atoms with van der Waals surface area (Å²) in [5.74, 6) is 0. The first-order chi connectivity index (χ1) is 31.2. The molecule has 4 aromatic heterocycles. The third kappa shape index (κ3) is 5.21. The molecule has 4 nitrogen and oxygen atoms in total. The number of nitrogens with zero attached hydrogens (tertiary/aromatic N) is 4. The molecule has 14 aromatic rings. The molecular weight excluding hydrogens is 785 g/mol. The Bertz CT molecular complexity index is 4210. The monoisotopic (exact) mass is 818 g/mol. The predicted molar refractivity (Wildman–Crippen MR) is 267 cm³/mol. The first kappa shape index (κ1) is 34.6. The molecule has 0 N–H and O–H groups in total. The van der Waals surface area contributed by atoms with Gasteiger partial charge in [0.05, 0.1) is 44.5 Å². The summed E-state index contributed by atoms with van der Waals surface area (Å²) in [6.45, 7) is 0. The fraction of sp³-hybridized carbons (Fsp3) is 0. The first-order valence-electron chi connectivity index (χ1n) is 21.4. The quantitative estimate of drug-likeness (QED) is 0.177. The van der Waals surface area contributed by atoms with Crippen molar-refractivity contribution >= 4 is 108 Å². The van der Waals surface area contributed by atoms with E-state index in [0.29, 0.717) is 0 Å². The average molecular weight is 819 g/mol. The fourth-order valence-electron chi connectivity index (χ4n) is 10.1. The van der Waals surface area contributed by atoms with Crippen molar-refractivity contribution in [3.63, 3.8) is 0 Å². The Labute approximate surface area is 365 Å². The van der Waals surface area contributed by atoms with Crippen LogP contribution in [-0.4, -0.2) is 19.1 Å². The van der Waals surface area contributed by atoms with Crippen LogP contribution in [0.5, 0.6) is 0 Å². The van der Waals surface area contributed by atoms with E-state index < -0.39 is 0 Å². The van der Waals surface area contributed by atoms with E-state index in [1.807, 2.05) is 23.5 Å². The van der Waals surface area contributed by atoms with E-state index in [4.69, 9.17) is 9.97 Å². The molecule has 0 saturated carbocycles. The summed E-state index contributed by atoms with van der Waals surface area (Å²) in [7, 11) is 0. The van der Waals surface area contributed by atoms with Crippen LogP contribution in [0.3, 0.4) is 0 Å². The molecule has 0 aliphatic heterocycles. The van der Waals surface area contributed by atoms with Gasteiger partial charge in [0.2, 0.25) is 0 Å². The second kappa shape index (κ2) is 13.2. The molecule has 5 heteroatoms. The summed E-state index contributed by atoms with van der Waals surface area (Å²) in [5.41, 5.74) is 12.6. The predicted octanol–water partition coefficient (Wildman–Crippen LogP) is 15.8. The highest BCUT2D eigenvalue weighted by molar-refractivity contribution is 7.25. The first-order valence-corrected chi connectivity index (χ1v) is 22.2. The van der Waals surface area contributed by atoms with Crippen molar-refractivity contribution in [1.29, 1.82) is 0 Å². The van der Waals surface area contributed by atoms with Crippen LogP contribution in [0.4, 0.5) is 0 Å². The molecule has 4 heterocycles. The topological polar surface area (TPSA) is 35.6 Å². The van der Waals surface area contributed by atoms with Crippen LogP contribution in [0.15, 0.2) is 206 Å². The van der Waals surface area contributed by atoms with Crippen molar-refractivity contribution in [1.82, 2.24) is 19.1 Å². The summed E-state index contributed by atoms with van der Waals surface area (Å²) in [4.78, 5) is 10.6. The molecular formula is C58H34N4S. The summed E-state index contributed by atoms with van der Waals surface area (Å²) < 4.78 is 7.38. The van der Waals surface area contributed by atoms with Crippen molar-refractivity contribution in [3.8, 4) is 33.9 Å². The van der Waals surface area contributed by atoms with Gasteiger partial charge in [-0.3, -0.25) is 0 Å². The highest BCUT2D eigenvalue weighted by Crippen LogP contribution is 2.41. The molecule has 0 spiro atoms. The fourth-order valence-corrected chi connectivity index (χ4v) is 11.2. The Morgan fingerprint density at radius 3 is 1.52 bits per heavy atom. The summed E-state index contributed by atoms with van der Waals surface area (Å²) in [6, 6.07) is 75.0.